The normalized spacial score (nSPS) is 20.9. The molecule has 2 aromatic heterocycles. The number of anilines is 1. The molecule has 45 heavy (non-hydrogen) atoms. The Kier molecular flexibility index (Phi) is 12.2. The third-order valence-electron chi connectivity index (χ3n) is 9.01. The second-order valence-electron chi connectivity index (χ2n) is 12.5. The van der Waals surface area contributed by atoms with E-state index in [0.29, 0.717) is 39.3 Å². The van der Waals surface area contributed by atoms with E-state index in [4.69, 9.17) is 38.0 Å². The molecule has 1 N–H and O–H groups in total. The third kappa shape index (κ3) is 9.11. The molecule has 6 rings (SSSR count). The summed E-state index contributed by atoms with van der Waals surface area (Å²) < 4.78 is 6.23. The Balaban J connectivity index is 0.00000230. The summed E-state index contributed by atoms with van der Waals surface area (Å²) in [5.74, 6) is 1.20. The highest BCUT2D eigenvalue weighted by Crippen LogP contribution is 2.39. The number of piperidine rings is 2. The van der Waals surface area contributed by atoms with Gasteiger partial charge in [-0.15, -0.1) is 24.8 Å². The van der Waals surface area contributed by atoms with Crippen molar-refractivity contribution >= 4 is 59.9 Å². The van der Waals surface area contributed by atoms with Gasteiger partial charge in [0.15, 0.2) is 5.75 Å². The highest BCUT2D eigenvalue weighted by atomic mass is 35.5. The molecule has 0 unspecified atom stereocenters. The second-order valence-corrected chi connectivity index (χ2v) is 13.4. The van der Waals surface area contributed by atoms with Crippen molar-refractivity contribution in [1.29, 1.82) is 0 Å². The van der Waals surface area contributed by atoms with Gasteiger partial charge in [-0.3, -0.25) is 9.69 Å². The monoisotopic (exact) mass is 696 g/mol. The number of hydrogen-bond acceptors (Lipinski definition) is 8. The Hall–Kier alpha value is -2.40. The summed E-state index contributed by atoms with van der Waals surface area (Å²) in [7, 11) is 2.20. The smallest absolute Gasteiger partial charge is 0.303 e. The minimum Gasteiger partial charge on any atom is -0.481 e. The summed E-state index contributed by atoms with van der Waals surface area (Å²) in [5.41, 5.74) is 2.87. The van der Waals surface area contributed by atoms with Crippen LogP contribution in [0.5, 0.6) is 11.6 Å². The number of pyridine rings is 1. The fourth-order valence-corrected chi connectivity index (χ4v) is 7.45. The molecule has 0 saturated carbocycles. The zero-order chi connectivity index (χ0) is 30.0. The molecule has 1 atom stereocenters. The Labute approximate surface area is 287 Å². The molecule has 1 aromatic carbocycles. The largest absolute Gasteiger partial charge is 0.481 e. The van der Waals surface area contributed by atoms with Crippen LogP contribution in [-0.4, -0.2) is 82.1 Å². The Morgan fingerprint density at radius 3 is 2.33 bits per heavy atom. The summed E-state index contributed by atoms with van der Waals surface area (Å²) >= 11 is 12.6. The lowest BCUT2D eigenvalue weighted by molar-refractivity contribution is -0.138. The van der Waals surface area contributed by atoms with E-state index < -0.39 is 5.97 Å². The van der Waals surface area contributed by atoms with Crippen LogP contribution in [0.3, 0.4) is 0 Å². The fourth-order valence-electron chi connectivity index (χ4n) is 6.92. The first-order chi connectivity index (χ1) is 20.7. The molecule has 0 radical (unpaired) electrons. The summed E-state index contributed by atoms with van der Waals surface area (Å²) in [6.45, 7) is 6.62. The first kappa shape index (κ1) is 35.5. The van der Waals surface area contributed by atoms with Crippen LogP contribution in [0.2, 0.25) is 10.0 Å². The highest BCUT2D eigenvalue weighted by Gasteiger charge is 2.40. The van der Waals surface area contributed by atoms with Gasteiger partial charge in [0.1, 0.15) is 0 Å². The van der Waals surface area contributed by atoms with Crippen molar-refractivity contribution in [1.82, 2.24) is 24.8 Å². The van der Waals surface area contributed by atoms with E-state index in [9.17, 15) is 4.79 Å². The number of benzene rings is 1. The van der Waals surface area contributed by atoms with Crippen molar-refractivity contribution < 1.29 is 14.6 Å². The molecule has 3 fully saturated rings. The standard InChI is InChI=1S/C32H38Cl2N6O3.2ClH/c1-38-10-6-32(20-38)5-2-7-40(21-32)31-35-17-27(18-36-31)43-29-12-23(19-39-8-3-22(4-9-39)13-30(41)42)11-28(37-29)24-14-25(33)16-26(34)15-24;;/h11-12,14-18,22H,2-10,13,19-21H2,1H3,(H,41,42);2*1H/t32-;;/m0../s1. The minimum atomic E-state index is -0.724. The van der Waals surface area contributed by atoms with Gasteiger partial charge in [-0.1, -0.05) is 23.2 Å². The number of ether oxygens (including phenoxy) is 1. The summed E-state index contributed by atoms with van der Waals surface area (Å²) in [4.78, 5) is 32.4. The van der Waals surface area contributed by atoms with Gasteiger partial charge >= 0.3 is 5.97 Å². The van der Waals surface area contributed by atoms with E-state index in [2.05, 4.69) is 31.7 Å². The average Bonchev–Trinajstić information content (AvgIpc) is 3.32. The van der Waals surface area contributed by atoms with Crippen molar-refractivity contribution in [2.45, 2.75) is 45.1 Å². The van der Waals surface area contributed by atoms with Crippen LogP contribution in [0.25, 0.3) is 11.3 Å². The van der Waals surface area contributed by atoms with Crippen LogP contribution in [0.15, 0.2) is 42.7 Å². The maximum absolute atomic E-state index is 11.1. The van der Waals surface area contributed by atoms with Crippen molar-refractivity contribution in [2.24, 2.45) is 11.3 Å². The molecule has 3 saturated heterocycles. The number of aliphatic carboxylic acids is 1. The number of carboxylic acid groups (broad SMARTS) is 1. The van der Waals surface area contributed by atoms with Crippen molar-refractivity contribution in [3.63, 3.8) is 0 Å². The molecule has 0 amide bonds. The molecule has 3 aliphatic heterocycles. The maximum atomic E-state index is 11.1. The molecular weight excluding hydrogens is 658 g/mol. The highest BCUT2D eigenvalue weighted by molar-refractivity contribution is 6.35. The van der Waals surface area contributed by atoms with Gasteiger partial charge < -0.3 is 19.6 Å². The van der Waals surface area contributed by atoms with Crippen LogP contribution < -0.4 is 9.64 Å². The van der Waals surface area contributed by atoms with Gasteiger partial charge in [-0.2, -0.15) is 0 Å². The fraction of sp³-hybridized carbons (Fsp3) is 0.500. The Morgan fingerprint density at radius 2 is 1.69 bits per heavy atom. The lowest BCUT2D eigenvalue weighted by atomic mass is 9.79. The van der Waals surface area contributed by atoms with Crippen molar-refractivity contribution in [3.8, 4) is 22.9 Å². The Morgan fingerprint density at radius 1 is 0.978 bits per heavy atom. The predicted octanol–water partition coefficient (Wildman–Crippen LogP) is 7.09. The lowest BCUT2D eigenvalue weighted by Crippen LogP contribution is -2.45. The first-order valence-corrected chi connectivity index (χ1v) is 15.8. The SMILES string of the molecule is CN1CC[C@@]2(CCCN(c3ncc(Oc4cc(CN5CCC(CC(=O)O)CC5)cc(-c5cc(Cl)cc(Cl)c5)n4)cn3)C2)C1.Cl.Cl. The average molecular weight is 699 g/mol. The number of likely N-dealkylation sites (tertiary alicyclic amines) is 2. The van der Waals surface area contributed by atoms with Gasteiger partial charge in [0.05, 0.1) is 18.1 Å². The van der Waals surface area contributed by atoms with Crippen LogP contribution in [-0.2, 0) is 11.3 Å². The van der Waals surface area contributed by atoms with Crippen LogP contribution in [0.1, 0.15) is 44.1 Å². The molecule has 244 valence electrons. The number of hydrogen-bond donors (Lipinski definition) is 1. The summed E-state index contributed by atoms with van der Waals surface area (Å²) in [6, 6.07) is 9.35. The van der Waals surface area contributed by atoms with Crippen LogP contribution >= 0.6 is 48.0 Å². The van der Waals surface area contributed by atoms with E-state index in [0.717, 1.165) is 75.6 Å². The predicted molar refractivity (Wildman–Crippen MR) is 183 cm³/mol. The minimum absolute atomic E-state index is 0. The summed E-state index contributed by atoms with van der Waals surface area (Å²) in [6.07, 6.45) is 9.06. The molecule has 3 aliphatic rings. The number of rotatable bonds is 8. The van der Waals surface area contributed by atoms with Crippen molar-refractivity contribution in [2.75, 3.05) is 51.2 Å². The maximum Gasteiger partial charge on any atom is 0.303 e. The van der Waals surface area contributed by atoms with E-state index in [1.807, 2.05) is 24.3 Å². The molecule has 1 spiro atoms. The molecular formula is C32H40Cl4N6O3. The van der Waals surface area contributed by atoms with Crippen LogP contribution in [0.4, 0.5) is 5.95 Å². The van der Waals surface area contributed by atoms with E-state index in [1.165, 1.54) is 12.8 Å². The summed E-state index contributed by atoms with van der Waals surface area (Å²) in [5, 5.41) is 10.2. The molecule has 13 heteroatoms. The first-order valence-electron chi connectivity index (χ1n) is 15.1. The molecule has 3 aromatic rings. The number of nitrogens with zero attached hydrogens (tertiary/aromatic N) is 6. The van der Waals surface area contributed by atoms with E-state index >= 15 is 0 Å². The third-order valence-corrected chi connectivity index (χ3v) is 9.44. The molecule has 5 heterocycles. The van der Waals surface area contributed by atoms with Crippen molar-refractivity contribution in [3.05, 3.63) is 58.3 Å². The topological polar surface area (TPSA) is 94.9 Å². The van der Waals surface area contributed by atoms with Crippen LogP contribution in [0, 0.1) is 11.3 Å². The Bertz CT molecular complexity index is 1430. The number of halogens is 4. The van der Waals surface area contributed by atoms with E-state index in [1.54, 1.807) is 18.5 Å². The lowest BCUT2D eigenvalue weighted by Gasteiger charge is -2.40. The van der Waals surface area contributed by atoms with Gasteiger partial charge in [-0.25, -0.2) is 15.0 Å². The zero-order valence-electron chi connectivity index (χ0n) is 25.3. The molecule has 0 bridgehead atoms. The quantitative estimate of drug-likeness (QED) is 0.265. The number of aromatic nitrogens is 3. The van der Waals surface area contributed by atoms with E-state index in [-0.39, 0.29) is 37.2 Å². The second kappa shape index (κ2) is 15.5. The molecule has 0 aliphatic carbocycles. The van der Waals surface area contributed by atoms with Gasteiger partial charge in [0, 0.05) is 59.7 Å². The molecule has 9 nitrogen and oxygen atoms in total. The number of carbonyl (C=O) groups is 1. The van der Waals surface area contributed by atoms with Gasteiger partial charge in [-0.05, 0) is 94.5 Å². The van der Waals surface area contributed by atoms with Gasteiger partial charge in [0.2, 0.25) is 11.8 Å². The zero-order valence-corrected chi connectivity index (χ0v) is 28.5. The number of carboxylic acids is 1. The van der Waals surface area contributed by atoms with Gasteiger partial charge in [0.25, 0.3) is 0 Å².